The van der Waals surface area contributed by atoms with Crippen LogP contribution >= 0.6 is 0 Å². The summed E-state index contributed by atoms with van der Waals surface area (Å²) < 4.78 is 0. The molecule has 2 rings (SSSR count). The molecule has 0 fully saturated rings. The van der Waals surface area contributed by atoms with Gasteiger partial charge >= 0.3 is 5.97 Å². The van der Waals surface area contributed by atoms with E-state index in [4.69, 9.17) is 5.11 Å². The zero-order valence-electron chi connectivity index (χ0n) is 13.0. The van der Waals surface area contributed by atoms with Crippen molar-refractivity contribution in [3.05, 3.63) is 65.7 Å². The number of aryl methyl sites for hydroxylation is 2. The van der Waals surface area contributed by atoms with Crippen molar-refractivity contribution < 1.29 is 14.7 Å². The highest BCUT2D eigenvalue weighted by molar-refractivity contribution is 5.90. The maximum Gasteiger partial charge on any atom is 0.303 e. The lowest BCUT2D eigenvalue weighted by Gasteiger charge is -2.07. The number of carbonyl (C=O) groups excluding carboxylic acids is 1. The second-order valence-electron chi connectivity index (χ2n) is 5.48. The Labute approximate surface area is 136 Å². The van der Waals surface area contributed by atoms with Crippen LogP contribution in [0.5, 0.6) is 0 Å². The zero-order chi connectivity index (χ0) is 16.5. The average molecular weight is 311 g/mol. The first-order valence-electron chi connectivity index (χ1n) is 7.78. The highest BCUT2D eigenvalue weighted by Gasteiger charge is 2.04. The third-order valence-corrected chi connectivity index (χ3v) is 3.55. The van der Waals surface area contributed by atoms with Gasteiger partial charge in [0.25, 0.3) is 0 Å². The van der Waals surface area contributed by atoms with Gasteiger partial charge in [-0.05, 0) is 42.5 Å². The lowest BCUT2D eigenvalue weighted by molar-refractivity contribution is -0.137. The summed E-state index contributed by atoms with van der Waals surface area (Å²) in [6, 6.07) is 17.4. The maximum atomic E-state index is 12.0. The number of hydrogen-bond donors (Lipinski definition) is 2. The standard InChI is InChI=1S/C19H21NO3/c21-18(11-5-8-15-6-2-1-3-7-15)20-17-10-4-9-16(14-17)12-13-19(22)23/h1-4,6-7,9-10,14H,5,8,11-13H2,(H,20,21)(H,22,23). The third kappa shape index (κ3) is 6.34. The molecule has 0 aromatic heterocycles. The lowest BCUT2D eigenvalue weighted by atomic mass is 10.1. The van der Waals surface area contributed by atoms with Crippen LogP contribution in [-0.2, 0) is 22.4 Å². The van der Waals surface area contributed by atoms with Gasteiger partial charge < -0.3 is 10.4 Å². The van der Waals surface area contributed by atoms with E-state index in [1.807, 2.05) is 42.5 Å². The Morgan fingerprint density at radius 1 is 0.870 bits per heavy atom. The van der Waals surface area contributed by atoms with E-state index in [0.29, 0.717) is 12.8 Å². The molecular formula is C19H21NO3. The molecule has 0 saturated carbocycles. The molecule has 23 heavy (non-hydrogen) atoms. The molecule has 1 amide bonds. The SMILES string of the molecule is O=C(O)CCc1cccc(NC(=O)CCCc2ccccc2)c1. The van der Waals surface area contributed by atoms with E-state index in [0.717, 1.165) is 24.1 Å². The molecule has 0 aliphatic heterocycles. The van der Waals surface area contributed by atoms with Gasteiger partial charge in [0.1, 0.15) is 0 Å². The molecule has 120 valence electrons. The normalized spacial score (nSPS) is 10.3. The maximum absolute atomic E-state index is 12.0. The molecule has 0 radical (unpaired) electrons. The van der Waals surface area contributed by atoms with Gasteiger partial charge in [0, 0.05) is 18.5 Å². The summed E-state index contributed by atoms with van der Waals surface area (Å²) in [7, 11) is 0. The number of carbonyl (C=O) groups is 2. The van der Waals surface area contributed by atoms with Gasteiger partial charge in [-0.1, -0.05) is 42.5 Å². The first kappa shape index (κ1) is 16.7. The summed E-state index contributed by atoms with van der Waals surface area (Å²) in [4.78, 5) is 22.6. The van der Waals surface area contributed by atoms with E-state index in [1.165, 1.54) is 5.56 Å². The van der Waals surface area contributed by atoms with Crippen LogP contribution in [0.2, 0.25) is 0 Å². The van der Waals surface area contributed by atoms with Crippen molar-refractivity contribution in [3.8, 4) is 0 Å². The molecule has 0 spiro atoms. The summed E-state index contributed by atoms with van der Waals surface area (Å²) in [6.07, 6.45) is 2.71. The van der Waals surface area contributed by atoms with Crippen LogP contribution in [0, 0.1) is 0 Å². The molecule has 0 unspecified atom stereocenters. The molecule has 2 N–H and O–H groups in total. The number of benzene rings is 2. The van der Waals surface area contributed by atoms with Crippen LogP contribution in [0.1, 0.15) is 30.4 Å². The van der Waals surface area contributed by atoms with Gasteiger partial charge in [-0.3, -0.25) is 9.59 Å². The van der Waals surface area contributed by atoms with Crippen LogP contribution in [0.15, 0.2) is 54.6 Å². The fourth-order valence-electron chi connectivity index (χ4n) is 2.38. The smallest absolute Gasteiger partial charge is 0.303 e. The monoisotopic (exact) mass is 311 g/mol. The topological polar surface area (TPSA) is 66.4 Å². The number of aliphatic carboxylic acids is 1. The molecule has 2 aromatic rings. The van der Waals surface area contributed by atoms with Crippen LogP contribution in [-0.4, -0.2) is 17.0 Å². The van der Waals surface area contributed by atoms with E-state index in [-0.39, 0.29) is 12.3 Å². The first-order chi connectivity index (χ1) is 11.1. The fourth-order valence-corrected chi connectivity index (χ4v) is 2.38. The van der Waals surface area contributed by atoms with Crippen molar-refractivity contribution in [2.24, 2.45) is 0 Å². The molecule has 0 heterocycles. The number of carboxylic acids is 1. The molecule has 0 saturated heterocycles. The molecule has 0 aliphatic rings. The van der Waals surface area contributed by atoms with E-state index in [9.17, 15) is 9.59 Å². The number of amides is 1. The minimum atomic E-state index is -0.819. The minimum absolute atomic E-state index is 0.0173. The van der Waals surface area contributed by atoms with Crippen LogP contribution < -0.4 is 5.32 Å². The number of anilines is 1. The van der Waals surface area contributed by atoms with Gasteiger partial charge in [-0.25, -0.2) is 0 Å². The summed E-state index contributed by atoms with van der Waals surface area (Å²) >= 11 is 0. The van der Waals surface area contributed by atoms with E-state index in [2.05, 4.69) is 17.4 Å². The largest absolute Gasteiger partial charge is 0.481 e. The van der Waals surface area contributed by atoms with E-state index < -0.39 is 5.97 Å². The highest BCUT2D eigenvalue weighted by atomic mass is 16.4. The molecule has 0 bridgehead atoms. The van der Waals surface area contributed by atoms with Gasteiger partial charge in [0.2, 0.25) is 5.91 Å². The van der Waals surface area contributed by atoms with Gasteiger partial charge in [-0.2, -0.15) is 0 Å². The van der Waals surface area contributed by atoms with Crippen LogP contribution in [0.25, 0.3) is 0 Å². The van der Waals surface area contributed by atoms with Crippen molar-refractivity contribution in [2.45, 2.75) is 32.1 Å². The van der Waals surface area contributed by atoms with Crippen molar-refractivity contribution in [1.82, 2.24) is 0 Å². The Balaban J connectivity index is 1.78. The van der Waals surface area contributed by atoms with Crippen molar-refractivity contribution in [1.29, 1.82) is 0 Å². The molecule has 2 aromatic carbocycles. The van der Waals surface area contributed by atoms with Crippen LogP contribution in [0.4, 0.5) is 5.69 Å². The quantitative estimate of drug-likeness (QED) is 0.781. The lowest BCUT2D eigenvalue weighted by Crippen LogP contribution is -2.11. The summed E-state index contributed by atoms with van der Waals surface area (Å²) in [5.41, 5.74) is 2.86. The van der Waals surface area contributed by atoms with Crippen molar-refractivity contribution in [2.75, 3.05) is 5.32 Å². The second kappa shape index (κ2) is 8.73. The average Bonchev–Trinajstić information content (AvgIpc) is 2.54. The third-order valence-electron chi connectivity index (χ3n) is 3.55. The Bertz CT molecular complexity index is 653. The summed E-state index contributed by atoms with van der Waals surface area (Å²) in [6.45, 7) is 0. The summed E-state index contributed by atoms with van der Waals surface area (Å²) in [5.74, 6) is -0.836. The van der Waals surface area contributed by atoms with Crippen molar-refractivity contribution >= 4 is 17.6 Å². The predicted octanol–water partition coefficient (Wildman–Crippen LogP) is 3.67. The number of hydrogen-bond acceptors (Lipinski definition) is 2. The first-order valence-corrected chi connectivity index (χ1v) is 7.78. The van der Waals surface area contributed by atoms with Gasteiger partial charge in [0.05, 0.1) is 0 Å². The number of rotatable bonds is 8. The second-order valence-corrected chi connectivity index (χ2v) is 5.48. The predicted molar refractivity (Wildman–Crippen MR) is 90.4 cm³/mol. The Kier molecular flexibility index (Phi) is 6.36. The highest BCUT2D eigenvalue weighted by Crippen LogP contribution is 2.13. The van der Waals surface area contributed by atoms with Gasteiger partial charge in [0.15, 0.2) is 0 Å². The van der Waals surface area contributed by atoms with Crippen molar-refractivity contribution in [3.63, 3.8) is 0 Å². The summed E-state index contributed by atoms with van der Waals surface area (Å²) in [5, 5.41) is 11.6. The Hall–Kier alpha value is -2.62. The zero-order valence-corrected chi connectivity index (χ0v) is 13.0. The fraction of sp³-hybridized carbons (Fsp3) is 0.263. The molecule has 4 nitrogen and oxygen atoms in total. The van der Waals surface area contributed by atoms with E-state index >= 15 is 0 Å². The Morgan fingerprint density at radius 3 is 2.35 bits per heavy atom. The van der Waals surface area contributed by atoms with Crippen LogP contribution in [0.3, 0.4) is 0 Å². The molecule has 0 atom stereocenters. The minimum Gasteiger partial charge on any atom is -0.481 e. The molecule has 0 aliphatic carbocycles. The molecular weight excluding hydrogens is 290 g/mol. The van der Waals surface area contributed by atoms with E-state index in [1.54, 1.807) is 0 Å². The Morgan fingerprint density at radius 2 is 1.61 bits per heavy atom. The number of carboxylic acid groups (broad SMARTS) is 1. The van der Waals surface area contributed by atoms with Gasteiger partial charge in [-0.15, -0.1) is 0 Å². The molecule has 4 heteroatoms. The number of nitrogens with one attached hydrogen (secondary N) is 1.